The molecule has 0 bridgehead atoms. The van der Waals surface area contributed by atoms with E-state index in [4.69, 9.17) is 4.74 Å². The van der Waals surface area contributed by atoms with E-state index < -0.39 is 35.0 Å². The Morgan fingerprint density at radius 1 is 1.21 bits per heavy atom. The fourth-order valence-corrected chi connectivity index (χ4v) is 2.28. The van der Waals surface area contributed by atoms with Crippen LogP contribution in [0.25, 0.3) is 5.76 Å². The number of hydrogen-bond donors (Lipinski definition) is 1. The van der Waals surface area contributed by atoms with Crippen molar-refractivity contribution in [1.82, 2.24) is 9.55 Å². The van der Waals surface area contributed by atoms with Gasteiger partial charge in [-0.2, -0.15) is 0 Å². The molecular formula is C20H21FN2O6. The average molecular weight is 404 g/mol. The minimum Gasteiger partial charge on any atom is -0.505 e. The maximum absolute atomic E-state index is 13.1. The van der Waals surface area contributed by atoms with Crippen LogP contribution in [0.3, 0.4) is 0 Å². The number of ether oxygens (including phenoxy) is 2. The van der Waals surface area contributed by atoms with E-state index >= 15 is 0 Å². The molecule has 2 rings (SSSR count). The highest BCUT2D eigenvalue weighted by Gasteiger charge is 2.23. The normalized spacial score (nSPS) is 11.8. The summed E-state index contributed by atoms with van der Waals surface area (Å²) in [6.07, 6.45) is 1.21. The lowest BCUT2D eigenvalue weighted by atomic mass is 10.1. The van der Waals surface area contributed by atoms with E-state index in [1.807, 2.05) is 0 Å². The van der Waals surface area contributed by atoms with Crippen molar-refractivity contribution in [2.45, 2.75) is 32.8 Å². The molecule has 0 spiro atoms. The first-order chi connectivity index (χ1) is 13.5. The minimum absolute atomic E-state index is 0.120. The van der Waals surface area contributed by atoms with Gasteiger partial charge in [-0.1, -0.05) is 12.1 Å². The number of aliphatic hydroxyl groups is 1. The van der Waals surface area contributed by atoms with Crippen LogP contribution in [-0.4, -0.2) is 45.2 Å². The Kier molecular flexibility index (Phi) is 6.53. The summed E-state index contributed by atoms with van der Waals surface area (Å²) in [6, 6.07) is 5.59. The van der Waals surface area contributed by atoms with Crippen molar-refractivity contribution in [1.29, 1.82) is 0 Å². The smallest absolute Gasteiger partial charge is 0.420 e. The molecule has 0 radical (unpaired) electrons. The van der Waals surface area contributed by atoms with Gasteiger partial charge in [0, 0.05) is 18.7 Å². The molecule has 0 atom stereocenters. The maximum atomic E-state index is 13.1. The summed E-state index contributed by atoms with van der Waals surface area (Å²) in [6.45, 7) is 5.07. The number of aromatic nitrogens is 2. The molecule has 0 saturated carbocycles. The molecule has 0 amide bonds. The van der Waals surface area contributed by atoms with Gasteiger partial charge in [0.1, 0.15) is 28.7 Å². The van der Waals surface area contributed by atoms with Crippen LogP contribution < -0.4 is 0 Å². The molecule has 9 heteroatoms. The van der Waals surface area contributed by atoms with Gasteiger partial charge in [0.15, 0.2) is 0 Å². The summed E-state index contributed by atoms with van der Waals surface area (Å²) >= 11 is 0. The zero-order valence-corrected chi connectivity index (χ0v) is 16.4. The molecule has 0 saturated heterocycles. The number of carbonyl (C=O) groups is 3. The number of methoxy groups -OCH3 is 1. The summed E-state index contributed by atoms with van der Waals surface area (Å²) in [7, 11) is 1.03. The topological polar surface area (TPSA) is 108 Å². The molecule has 1 heterocycles. The molecule has 1 aromatic carbocycles. The highest BCUT2D eigenvalue weighted by atomic mass is 19.1. The third kappa shape index (κ3) is 6.00. The highest BCUT2D eigenvalue weighted by molar-refractivity contribution is 6.39. The quantitative estimate of drug-likeness (QED) is 0.353. The van der Waals surface area contributed by atoms with Crippen molar-refractivity contribution in [2.24, 2.45) is 0 Å². The molecule has 154 valence electrons. The molecule has 2 aromatic rings. The number of halogens is 1. The van der Waals surface area contributed by atoms with Gasteiger partial charge >= 0.3 is 12.1 Å². The van der Waals surface area contributed by atoms with E-state index in [-0.39, 0.29) is 17.9 Å². The van der Waals surface area contributed by atoms with Crippen LogP contribution in [0.4, 0.5) is 9.18 Å². The lowest BCUT2D eigenvalue weighted by Crippen LogP contribution is -2.27. The van der Waals surface area contributed by atoms with E-state index in [2.05, 4.69) is 9.72 Å². The van der Waals surface area contributed by atoms with E-state index in [1.54, 1.807) is 20.8 Å². The van der Waals surface area contributed by atoms with Crippen molar-refractivity contribution >= 4 is 23.6 Å². The van der Waals surface area contributed by atoms with Crippen molar-refractivity contribution in [3.8, 4) is 0 Å². The summed E-state index contributed by atoms with van der Waals surface area (Å²) in [4.78, 5) is 39.5. The molecule has 0 aliphatic heterocycles. The van der Waals surface area contributed by atoms with Gasteiger partial charge in [-0.05, 0) is 38.5 Å². The highest BCUT2D eigenvalue weighted by Crippen LogP contribution is 2.18. The van der Waals surface area contributed by atoms with Crippen molar-refractivity contribution in [3.05, 3.63) is 59.4 Å². The number of imidazole rings is 1. The number of ketones is 1. The summed E-state index contributed by atoms with van der Waals surface area (Å²) in [5, 5.41) is 10.1. The molecule has 0 fully saturated rings. The van der Waals surface area contributed by atoms with E-state index in [0.717, 1.165) is 11.7 Å². The lowest BCUT2D eigenvalue weighted by Gasteiger charge is -2.20. The SMILES string of the molecule is COC(=O)C(=O)C=C(O)c1cn(C(=O)OC(C)(C)C)c(Cc2ccc(F)cc2)n1. The Balaban J connectivity index is 2.42. The third-order valence-corrected chi connectivity index (χ3v) is 3.56. The van der Waals surface area contributed by atoms with Gasteiger partial charge in [-0.3, -0.25) is 4.79 Å². The molecule has 0 aliphatic carbocycles. The molecule has 8 nitrogen and oxygen atoms in total. The van der Waals surface area contributed by atoms with Gasteiger partial charge < -0.3 is 14.6 Å². The largest absolute Gasteiger partial charge is 0.505 e. The van der Waals surface area contributed by atoms with Crippen molar-refractivity contribution < 1.29 is 33.4 Å². The van der Waals surface area contributed by atoms with E-state index in [0.29, 0.717) is 11.6 Å². The number of rotatable bonds is 5. The second kappa shape index (κ2) is 8.68. The molecule has 1 aromatic heterocycles. The van der Waals surface area contributed by atoms with Crippen LogP contribution >= 0.6 is 0 Å². The average Bonchev–Trinajstić information content (AvgIpc) is 3.05. The minimum atomic E-state index is -1.16. The fourth-order valence-electron chi connectivity index (χ4n) is 2.28. The second-order valence-electron chi connectivity index (χ2n) is 7.08. The van der Waals surface area contributed by atoms with Crippen LogP contribution in [0.1, 0.15) is 37.9 Å². The van der Waals surface area contributed by atoms with Crippen molar-refractivity contribution in [3.63, 3.8) is 0 Å². The third-order valence-electron chi connectivity index (χ3n) is 3.56. The number of nitrogens with zero attached hydrogens (tertiary/aromatic N) is 2. The number of carbonyl (C=O) groups excluding carboxylic acids is 3. The van der Waals surface area contributed by atoms with Crippen LogP contribution in [0.15, 0.2) is 36.5 Å². The van der Waals surface area contributed by atoms with Crippen molar-refractivity contribution in [2.75, 3.05) is 7.11 Å². The van der Waals surface area contributed by atoms with Crippen LogP contribution in [0.5, 0.6) is 0 Å². The Morgan fingerprint density at radius 2 is 1.83 bits per heavy atom. The summed E-state index contributed by atoms with van der Waals surface area (Å²) < 4.78 is 23.8. The number of benzene rings is 1. The zero-order chi connectivity index (χ0) is 21.8. The van der Waals surface area contributed by atoms with E-state index in [9.17, 15) is 23.9 Å². The summed E-state index contributed by atoms with van der Waals surface area (Å²) in [5.41, 5.74) is -0.249. The zero-order valence-electron chi connectivity index (χ0n) is 16.4. The molecule has 1 N–H and O–H groups in total. The number of aliphatic hydroxyl groups excluding tert-OH is 1. The first kappa shape index (κ1) is 21.8. The Bertz CT molecular complexity index is 954. The van der Waals surface area contributed by atoms with Crippen LogP contribution in [0.2, 0.25) is 0 Å². The van der Waals surface area contributed by atoms with Gasteiger partial charge in [0.25, 0.3) is 5.78 Å². The molecule has 0 unspecified atom stereocenters. The van der Waals surface area contributed by atoms with Gasteiger partial charge in [0.05, 0.1) is 7.11 Å². The number of esters is 1. The van der Waals surface area contributed by atoms with E-state index in [1.165, 1.54) is 30.5 Å². The fraction of sp³-hybridized carbons (Fsp3) is 0.300. The first-order valence-electron chi connectivity index (χ1n) is 8.59. The number of hydrogen-bond acceptors (Lipinski definition) is 7. The Hall–Kier alpha value is -3.49. The van der Waals surface area contributed by atoms with Crippen LogP contribution in [0, 0.1) is 5.82 Å². The van der Waals surface area contributed by atoms with Gasteiger partial charge in [-0.25, -0.2) is 23.5 Å². The maximum Gasteiger partial charge on any atom is 0.420 e. The van der Waals surface area contributed by atoms with Gasteiger partial charge in [-0.15, -0.1) is 0 Å². The predicted octanol–water partition coefficient (Wildman–Crippen LogP) is 3.04. The van der Waals surface area contributed by atoms with Gasteiger partial charge in [0.2, 0.25) is 0 Å². The summed E-state index contributed by atoms with van der Waals surface area (Å²) in [5.74, 6) is -3.09. The molecular weight excluding hydrogens is 383 g/mol. The molecule has 0 aliphatic rings. The Morgan fingerprint density at radius 3 is 2.38 bits per heavy atom. The second-order valence-corrected chi connectivity index (χ2v) is 7.08. The molecule has 29 heavy (non-hydrogen) atoms. The predicted molar refractivity (Wildman–Crippen MR) is 101 cm³/mol. The lowest BCUT2D eigenvalue weighted by molar-refractivity contribution is -0.149. The standard InChI is InChI=1S/C20H21FN2O6/c1-20(2,3)29-19(27)23-11-14(15(24)10-16(25)18(26)28-4)22-17(23)9-12-5-7-13(21)8-6-12/h5-8,10-11,24H,9H2,1-4H3. The first-order valence-corrected chi connectivity index (χ1v) is 8.59. The van der Waals surface area contributed by atoms with Crippen LogP contribution in [-0.2, 0) is 25.5 Å². The monoisotopic (exact) mass is 404 g/mol. The Labute approximate surface area is 166 Å².